The Morgan fingerprint density at radius 3 is 1.21 bits per heavy atom. The number of unbranched alkanes of at least 4 members (excludes halogenated alkanes) is 2. The fraction of sp³-hybridized carbons (Fsp3) is 0.786. The Bertz CT molecular complexity index is 713. The number of hydrogen-bond acceptors (Lipinski definition) is 5. The van der Waals surface area contributed by atoms with Crippen LogP contribution in [0.3, 0.4) is 0 Å². The summed E-state index contributed by atoms with van der Waals surface area (Å²) < 4.78 is 19.1. The summed E-state index contributed by atoms with van der Waals surface area (Å²) >= 11 is 0. The number of ether oxygens (including phenoxy) is 2. The predicted molar refractivity (Wildman–Crippen MR) is 180 cm³/mol. The zero-order valence-corrected chi connectivity index (χ0v) is 32.1. The molecule has 0 N–H and O–H groups in total. The Morgan fingerprint density at radius 1 is 0.615 bits per heavy atom. The minimum Gasteiger partial charge on any atom is -0.456 e. The van der Waals surface area contributed by atoms with Crippen molar-refractivity contribution in [1.29, 1.82) is 0 Å². The van der Waals surface area contributed by atoms with E-state index in [9.17, 15) is 9.59 Å². The van der Waals surface area contributed by atoms with Gasteiger partial charge in [-0.15, -0.1) is 34.0 Å². The van der Waals surface area contributed by atoms with Crippen molar-refractivity contribution in [3.05, 3.63) is 24.3 Å². The summed E-state index contributed by atoms with van der Waals surface area (Å²) in [4.78, 5) is 23.1. The van der Waals surface area contributed by atoms with E-state index >= 15 is 0 Å². The molecule has 0 amide bonds. The minimum atomic E-state index is -1.71. The second-order valence-electron chi connectivity index (χ2n) is 13.1. The Labute approximate surface area is 263 Å². The Kier molecular flexibility index (Phi) is 21.9. The van der Waals surface area contributed by atoms with Gasteiger partial charge in [-0.25, -0.2) is 9.59 Å². The molecule has 0 saturated heterocycles. The molecule has 0 radical (unpaired) electrons. The van der Waals surface area contributed by atoms with Crippen molar-refractivity contribution in [2.24, 2.45) is 0 Å². The molecule has 0 fully saturated rings. The van der Waals surface area contributed by atoms with Gasteiger partial charge in [-0.2, -0.15) is 0 Å². The van der Waals surface area contributed by atoms with E-state index in [4.69, 9.17) is 13.6 Å². The van der Waals surface area contributed by atoms with E-state index in [0.29, 0.717) is 24.4 Å². The number of halogens is 2. The zero-order valence-electron chi connectivity index (χ0n) is 26.7. The van der Waals surface area contributed by atoms with Crippen molar-refractivity contribution < 1.29 is 32.1 Å². The van der Waals surface area contributed by atoms with Crippen LogP contribution in [0.5, 0.6) is 0 Å². The molecule has 0 aliphatic heterocycles. The Hall–Kier alpha value is -0.306. The van der Waals surface area contributed by atoms with Crippen LogP contribution in [0, 0.1) is 0 Å². The van der Waals surface area contributed by atoms with Gasteiger partial charge in [0, 0.05) is 11.1 Å². The van der Waals surface area contributed by atoms with E-state index < -0.39 is 16.6 Å². The van der Waals surface area contributed by atoms with Gasteiger partial charge in [-0.1, -0.05) is 13.2 Å². The Balaban J connectivity index is -0.00000648. The number of likely N-dealkylation sites (N-methyl/N-ethyl adjacent to an activating group) is 2. The molecule has 0 aromatic rings. The van der Waals surface area contributed by atoms with Crippen LogP contribution in [-0.4, -0.2) is 105 Å². The highest BCUT2D eigenvalue weighted by Crippen LogP contribution is 2.25. The summed E-state index contributed by atoms with van der Waals surface area (Å²) in [5.74, 6) is -0.609. The molecule has 7 nitrogen and oxygen atoms in total. The van der Waals surface area contributed by atoms with Gasteiger partial charge in [0.2, 0.25) is 0 Å². The second kappa shape index (κ2) is 19.7. The zero-order chi connectivity index (χ0) is 28.9. The lowest BCUT2D eigenvalue weighted by Crippen LogP contribution is -2.45. The second-order valence-corrected chi connectivity index (χ2v) is 22.0. The van der Waals surface area contributed by atoms with Gasteiger partial charge in [0.05, 0.1) is 41.3 Å². The van der Waals surface area contributed by atoms with Gasteiger partial charge >= 0.3 is 11.9 Å². The lowest BCUT2D eigenvalue weighted by atomic mass is 10.3. The maximum atomic E-state index is 11.6. The molecule has 0 saturated carbocycles. The monoisotopic (exact) mass is 718 g/mol. The molecule has 0 rings (SSSR count). The SMILES string of the molecule is Br.Br.C=C(C)C(=O)OCC[N+](C)(C)CCCC[Si](C)(C)O[Si](C)(C)CCCC[N+](C)(C)CCOC(=O)C(=C)C. The lowest BCUT2D eigenvalue weighted by molar-refractivity contribution is -0.890. The number of hydrogen-bond donors (Lipinski definition) is 0. The third-order valence-electron chi connectivity index (χ3n) is 6.69. The summed E-state index contributed by atoms with van der Waals surface area (Å²) in [6.07, 6.45) is 4.66. The van der Waals surface area contributed by atoms with Crippen LogP contribution in [-0.2, 0) is 23.2 Å². The van der Waals surface area contributed by atoms with Gasteiger partial charge < -0.3 is 22.6 Å². The summed E-state index contributed by atoms with van der Waals surface area (Å²) in [6.45, 7) is 24.7. The van der Waals surface area contributed by atoms with E-state index in [2.05, 4.69) is 67.5 Å². The van der Waals surface area contributed by atoms with Gasteiger partial charge in [-0.3, -0.25) is 0 Å². The average Bonchev–Trinajstić information content (AvgIpc) is 2.73. The molecule has 0 heterocycles. The fourth-order valence-electron chi connectivity index (χ4n) is 4.27. The van der Waals surface area contributed by atoms with Crippen LogP contribution in [0.25, 0.3) is 0 Å². The predicted octanol–water partition coefficient (Wildman–Crippen LogP) is 6.52. The molecule has 0 aliphatic rings. The molecule has 11 heteroatoms. The van der Waals surface area contributed by atoms with Crippen LogP contribution < -0.4 is 0 Å². The topological polar surface area (TPSA) is 61.8 Å². The van der Waals surface area contributed by atoms with E-state index in [0.717, 1.165) is 48.0 Å². The first-order valence-electron chi connectivity index (χ1n) is 13.8. The van der Waals surface area contributed by atoms with Crippen LogP contribution in [0.1, 0.15) is 39.5 Å². The molecule has 0 aromatic carbocycles. The number of rotatable bonds is 20. The molecule has 0 bridgehead atoms. The molecule has 39 heavy (non-hydrogen) atoms. The summed E-state index contributed by atoms with van der Waals surface area (Å²) in [5.41, 5.74) is 0.900. The van der Waals surface area contributed by atoms with E-state index in [1.807, 2.05) is 0 Å². The fourth-order valence-corrected chi connectivity index (χ4v) is 13.3. The first-order chi connectivity index (χ1) is 16.8. The maximum absolute atomic E-state index is 11.6. The lowest BCUT2D eigenvalue weighted by Gasteiger charge is -2.35. The number of esters is 2. The molecular weight excluding hydrogens is 660 g/mol. The van der Waals surface area contributed by atoms with Crippen molar-refractivity contribution in [2.45, 2.75) is 77.8 Å². The van der Waals surface area contributed by atoms with Gasteiger partial charge in [0.1, 0.15) is 26.3 Å². The maximum Gasteiger partial charge on any atom is 0.333 e. The number of carbonyl (C=O) groups excluding carboxylic acids is 2. The number of quaternary nitrogens is 2. The number of nitrogens with zero attached hydrogens (tertiary/aromatic N) is 2. The first-order valence-corrected chi connectivity index (χ1v) is 20.0. The van der Waals surface area contributed by atoms with Gasteiger partial charge in [0.15, 0.2) is 16.6 Å². The van der Waals surface area contributed by atoms with E-state index in [1.165, 1.54) is 24.9 Å². The van der Waals surface area contributed by atoms with Crippen molar-refractivity contribution in [2.75, 3.05) is 67.6 Å². The van der Waals surface area contributed by atoms with Crippen LogP contribution in [0.15, 0.2) is 24.3 Å². The van der Waals surface area contributed by atoms with Gasteiger partial charge in [-0.05, 0) is 77.8 Å². The third kappa shape index (κ3) is 23.0. The number of carbonyl (C=O) groups is 2. The quantitative estimate of drug-likeness (QED) is 0.0472. The summed E-state index contributed by atoms with van der Waals surface area (Å²) in [7, 11) is 5.36. The molecule has 0 spiro atoms. The van der Waals surface area contributed by atoms with E-state index in [1.54, 1.807) is 13.8 Å². The van der Waals surface area contributed by atoms with Crippen molar-refractivity contribution >= 4 is 62.5 Å². The molecule has 0 aliphatic carbocycles. The highest BCUT2D eigenvalue weighted by atomic mass is 79.9. The van der Waals surface area contributed by atoms with Crippen molar-refractivity contribution in [3.8, 4) is 0 Å². The summed E-state index contributed by atoms with van der Waals surface area (Å²) in [6, 6.07) is 2.36. The largest absolute Gasteiger partial charge is 0.456 e. The first kappa shape index (κ1) is 43.2. The Morgan fingerprint density at radius 2 is 0.923 bits per heavy atom. The molecule has 0 aromatic heterocycles. The minimum absolute atomic E-state index is 0. The van der Waals surface area contributed by atoms with Crippen LogP contribution >= 0.6 is 34.0 Å². The molecule has 0 atom stereocenters. The normalized spacial score (nSPS) is 12.2. The molecule has 0 unspecified atom stereocenters. The molecule has 232 valence electrons. The van der Waals surface area contributed by atoms with Crippen molar-refractivity contribution in [1.82, 2.24) is 0 Å². The van der Waals surface area contributed by atoms with Crippen LogP contribution in [0.2, 0.25) is 38.3 Å². The van der Waals surface area contributed by atoms with Crippen LogP contribution in [0.4, 0.5) is 0 Å². The highest BCUT2D eigenvalue weighted by molar-refractivity contribution is 8.93. The van der Waals surface area contributed by atoms with E-state index in [-0.39, 0.29) is 45.9 Å². The highest BCUT2D eigenvalue weighted by Gasteiger charge is 2.32. The standard InChI is InChI=1S/C28H58N2O5Si2.2BrH/c1-25(2)27(31)33-21-19-29(5,6)17-13-15-23-36(9,10)35-37(11,12)24-16-14-18-30(7,8)20-22-34-28(32)26(3)4;;/h1,3,13-24H2,2,4-12H3;2*1H/q+2;;. The third-order valence-corrected chi connectivity index (χ3v) is 14.2. The smallest absolute Gasteiger partial charge is 0.333 e. The van der Waals surface area contributed by atoms with Crippen molar-refractivity contribution in [3.63, 3.8) is 0 Å². The average molecular weight is 721 g/mol. The summed E-state index contributed by atoms with van der Waals surface area (Å²) in [5, 5.41) is 0. The van der Waals surface area contributed by atoms with Gasteiger partial charge in [0.25, 0.3) is 0 Å². The molecular formula is C28H60Br2N2O5Si2+2.